The zero-order chi connectivity index (χ0) is 15.0. The molecule has 3 aromatic rings. The molecule has 1 aromatic carbocycles. The molecule has 0 fully saturated rings. The summed E-state index contributed by atoms with van der Waals surface area (Å²) in [5.74, 6) is -1.22. The molecule has 3 rings (SSSR count). The molecule has 0 aliphatic carbocycles. The number of aromatic nitrogens is 2. The van der Waals surface area contributed by atoms with Crippen molar-refractivity contribution in [3.63, 3.8) is 0 Å². The summed E-state index contributed by atoms with van der Waals surface area (Å²) >= 11 is 0. The third-order valence-electron chi connectivity index (χ3n) is 3.37. The average Bonchev–Trinajstić information content (AvgIpc) is 2.46. The maximum atomic E-state index is 12.3. The summed E-state index contributed by atoms with van der Waals surface area (Å²) in [5.41, 5.74) is 1.03. The van der Waals surface area contributed by atoms with E-state index in [0.717, 1.165) is 10.9 Å². The van der Waals surface area contributed by atoms with Crippen molar-refractivity contribution in [3.8, 4) is 5.69 Å². The third kappa shape index (κ3) is 2.18. The highest BCUT2D eigenvalue weighted by atomic mass is 16.4. The number of carboxylic acid groups (broad SMARTS) is 1. The van der Waals surface area contributed by atoms with Gasteiger partial charge in [0, 0.05) is 11.6 Å². The van der Waals surface area contributed by atoms with E-state index in [0.29, 0.717) is 11.3 Å². The summed E-state index contributed by atoms with van der Waals surface area (Å²) < 4.78 is 1.30. The Morgan fingerprint density at radius 2 is 2.00 bits per heavy atom. The first-order valence-corrected chi connectivity index (χ1v) is 6.38. The molecule has 0 radical (unpaired) electrons. The monoisotopic (exact) mass is 280 g/mol. The molecule has 104 valence electrons. The normalized spacial score (nSPS) is 10.7. The van der Waals surface area contributed by atoms with Gasteiger partial charge in [-0.2, -0.15) is 0 Å². The smallest absolute Gasteiger partial charge is 0.341 e. The minimum Gasteiger partial charge on any atom is -0.477 e. The zero-order valence-electron chi connectivity index (χ0n) is 11.3. The summed E-state index contributed by atoms with van der Waals surface area (Å²) in [6.07, 6.45) is 3.13. The largest absolute Gasteiger partial charge is 0.477 e. The van der Waals surface area contributed by atoms with Crippen LogP contribution in [-0.4, -0.2) is 20.6 Å². The standard InChI is InChI=1S/C16H12N2O3/c1-10-6-7-18(15(19)14(10)16(20)21)12-8-11-4-2-3-5-13(11)17-9-12/h2-9H,1H3,(H,20,21). The lowest BCUT2D eigenvalue weighted by atomic mass is 10.1. The number of benzene rings is 1. The van der Waals surface area contributed by atoms with Crippen LogP contribution in [0, 0.1) is 6.92 Å². The number of nitrogens with zero attached hydrogens (tertiary/aromatic N) is 2. The van der Waals surface area contributed by atoms with E-state index in [-0.39, 0.29) is 5.56 Å². The van der Waals surface area contributed by atoms with E-state index in [1.165, 1.54) is 4.57 Å². The Morgan fingerprint density at radius 3 is 2.76 bits per heavy atom. The van der Waals surface area contributed by atoms with Crippen LogP contribution in [0.1, 0.15) is 15.9 Å². The first-order valence-electron chi connectivity index (χ1n) is 6.38. The molecule has 0 aliphatic heterocycles. The Bertz CT molecular complexity index is 913. The summed E-state index contributed by atoms with van der Waals surface area (Å²) in [5, 5.41) is 10.0. The minimum atomic E-state index is -1.22. The molecule has 21 heavy (non-hydrogen) atoms. The molecule has 0 aliphatic rings. The van der Waals surface area contributed by atoms with E-state index in [9.17, 15) is 9.59 Å². The molecule has 2 heterocycles. The fourth-order valence-electron chi connectivity index (χ4n) is 2.28. The lowest BCUT2D eigenvalue weighted by molar-refractivity contribution is 0.0694. The van der Waals surface area contributed by atoms with Gasteiger partial charge in [0.05, 0.1) is 17.4 Å². The topological polar surface area (TPSA) is 72.2 Å². The number of carbonyl (C=O) groups is 1. The summed E-state index contributed by atoms with van der Waals surface area (Å²) in [6, 6.07) is 11.0. The zero-order valence-corrected chi connectivity index (χ0v) is 11.3. The number of hydrogen-bond acceptors (Lipinski definition) is 3. The Kier molecular flexibility index (Phi) is 3.02. The molecule has 1 N–H and O–H groups in total. The highest BCUT2D eigenvalue weighted by Gasteiger charge is 2.15. The second-order valence-electron chi connectivity index (χ2n) is 4.74. The van der Waals surface area contributed by atoms with Crippen LogP contribution >= 0.6 is 0 Å². The minimum absolute atomic E-state index is 0.217. The Balaban J connectivity index is 2.26. The fourth-order valence-corrected chi connectivity index (χ4v) is 2.28. The van der Waals surface area contributed by atoms with Crippen LogP contribution in [0.2, 0.25) is 0 Å². The van der Waals surface area contributed by atoms with Crippen molar-refractivity contribution < 1.29 is 9.90 Å². The molecular weight excluding hydrogens is 268 g/mol. The Labute approximate surface area is 120 Å². The van der Waals surface area contributed by atoms with Crippen molar-refractivity contribution in [1.29, 1.82) is 0 Å². The Hall–Kier alpha value is -2.95. The molecule has 0 spiro atoms. The number of carboxylic acids is 1. The van der Waals surface area contributed by atoms with Gasteiger partial charge in [0.25, 0.3) is 5.56 Å². The second kappa shape index (κ2) is 4.86. The predicted molar refractivity (Wildman–Crippen MR) is 79.0 cm³/mol. The van der Waals surface area contributed by atoms with E-state index >= 15 is 0 Å². The number of fused-ring (bicyclic) bond motifs is 1. The van der Waals surface area contributed by atoms with E-state index in [1.807, 2.05) is 30.3 Å². The lowest BCUT2D eigenvalue weighted by Crippen LogP contribution is -2.26. The van der Waals surface area contributed by atoms with E-state index in [4.69, 9.17) is 5.11 Å². The van der Waals surface area contributed by atoms with Gasteiger partial charge in [0.15, 0.2) is 0 Å². The van der Waals surface area contributed by atoms with Gasteiger partial charge >= 0.3 is 5.97 Å². The van der Waals surface area contributed by atoms with Crippen molar-refractivity contribution in [3.05, 3.63) is 70.3 Å². The van der Waals surface area contributed by atoms with Gasteiger partial charge in [0.1, 0.15) is 5.56 Å². The highest BCUT2D eigenvalue weighted by Crippen LogP contribution is 2.15. The molecule has 0 unspecified atom stereocenters. The number of hydrogen-bond donors (Lipinski definition) is 1. The van der Waals surface area contributed by atoms with Crippen molar-refractivity contribution in [1.82, 2.24) is 9.55 Å². The van der Waals surface area contributed by atoms with Crippen molar-refractivity contribution in [2.24, 2.45) is 0 Å². The second-order valence-corrected chi connectivity index (χ2v) is 4.74. The number of para-hydroxylation sites is 1. The van der Waals surface area contributed by atoms with Gasteiger partial charge < -0.3 is 5.11 Å². The molecule has 5 heteroatoms. The van der Waals surface area contributed by atoms with E-state index < -0.39 is 11.5 Å². The van der Waals surface area contributed by atoms with Crippen LogP contribution in [0.15, 0.2) is 53.6 Å². The quantitative estimate of drug-likeness (QED) is 0.782. The van der Waals surface area contributed by atoms with Crippen LogP contribution in [0.5, 0.6) is 0 Å². The number of aryl methyl sites for hydroxylation is 1. The fraction of sp³-hybridized carbons (Fsp3) is 0.0625. The number of aromatic carboxylic acids is 1. The van der Waals surface area contributed by atoms with Crippen molar-refractivity contribution >= 4 is 16.9 Å². The predicted octanol–water partition coefficient (Wildman–Crippen LogP) is 2.39. The summed E-state index contributed by atoms with van der Waals surface area (Å²) in [6.45, 7) is 1.60. The molecule has 2 aromatic heterocycles. The summed E-state index contributed by atoms with van der Waals surface area (Å²) in [7, 11) is 0. The van der Waals surface area contributed by atoms with Crippen LogP contribution in [0.3, 0.4) is 0 Å². The van der Waals surface area contributed by atoms with Gasteiger partial charge in [-0.15, -0.1) is 0 Å². The lowest BCUT2D eigenvalue weighted by Gasteiger charge is -2.09. The molecular formula is C16H12N2O3. The maximum absolute atomic E-state index is 12.3. The van der Waals surface area contributed by atoms with Crippen LogP contribution in [-0.2, 0) is 0 Å². The van der Waals surface area contributed by atoms with Crippen LogP contribution < -0.4 is 5.56 Å². The van der Waals surface area contributed by atoms with Crippen molar-refractivity contribution in [2.75, 3.05) is 0 Å². The van der Waals surface area contributed by atoms with Gasteiger partial charge in [-0.1, -0.05) is 18.2 Å². The van der Waals surface area contributed by atoms with Gasteiger partial charge in [0.2, 0.25) is 0 Å². The third-order valence-corrected chi connectivity index (χ3v) is 3.37. The number of rotatable bonds is 2. The highest BCUT2D eigenvalue weighted by molar-refractivity contribution is 5.89. The van der Waals surface area contributed by atoms with Crippen molar-refractivity contribution in [2.45, 2.75) is 6.92 Å². The van der Waals surface area contributed by atoms with Crippen LogP contribution in [0.25, 0.3) is 16.6 Å². The SMILES string of the molecule is Cc1ccn(-c2cnc3ccccc3c2)c(=O)c1C(=O)O. The molecule has 5 nitrogen and oxygen atoms in total. The molecule has 0 bridgehead atoms. The van der Waals surface area contributed by atoms with Gasteiger partial charge in [-0.3, -0.25) is 14.3 Å². The number of pyridine rings is 2. The molecule has 0 amide bonds. The molecule has 0 saturated heterocycles. The molecule has 0 atom stereocenters. The first kappa shape index (κ1) is 13.1. The average molecular weight is 280 g/mol. The van der Waals surface area contributed by atoms with Gasteiger partial charge in [-0.25, -0.2) is 4.79 Å². The van der Waals surface area contributed by atoms with Gasteiger partial charge in [-0.05, 0) is 30.7 Å². The van der Waals surface area contributed by atoms with Crippen LogP contribution in [0.4, 0.5) is 0 Å². The molecule has 0 saturated carbocycles. The Morgan fingerprint density at radius 1 is 1.24 bits per heavy atom. The van der Waals surface area contributed by atoms with E-state index in [2.05, 4.69) is 4.98 Å². The van der Waals surface area contributed by atoms with E-state index in [1.54, 1.807) is 25.4 Å². The first-order chi connectivity index (χ1) is 10.1. The summed E-state index contributed by atoms with van der Waals surface area (Å²) in [4.78, 5) is 27.8. The maximum Gasteiger partial charge on any atom is 0.341 e.